The van der Waals surface area contributed by atoms with E-state index in [2.05, 4.69) is 53.8 Å². The molecule has 0 saturated carbocycles. The van der Waals surface area contributed by atoms with Gasteiger partial charge in [0.2, 0.25) is 0 Å². The molecule has 21 heavy (non-hydrogen) atoms. The van der Waals surface area contributed by atoms with E-state index in [1.807, 2.05) is 4.90 Å². The maximum atomic E-state index is 12.3. The molecule has 5 heteroatoms. The van der Waals surface area contributed by atoms with E-state index in [-0.39, 0.29) is 12.1 Å². The Balaban J connectivity index is 1.59. The summed E-state index contributed by atoms with van der Waals surface area (Å²) in [6.45, 7) is 6.18. The summed E-state index contributed by atoms with van der Waals surface area (Å²) in [7, 11) is 2.11. The first-order valence-electron chi connectivity index (χ1n) is 7.69. The molecule has 1 aromatic carbocycles. The van der Waals surface area contributed by atoms with Gasteiger partial charge < -0.3 is 15.5 Å². The molecule has 0 spiro atoms. The zero-order valence-corrected chi connectivity index (χ0v) is 12.8. The molecule has 1 unspecified atom stereocenters. The number of amides is 2. The zero-order chi connectivity index (χ0) is 14.8. The second kappa shape index (κ2) is 6.03. The zero-order valence-electron chi connectivity index (χ0n) is 12.8. The van der Waals surface area contributed by atoms with Gasteiger partial charge in [-0.2, -0.15) is 0 Å². The van der Waals surface area contributed by atoms with Crippen molar-refractivity contribution in [3.8, 4) is 0 Å². The van der Waals surface area contributed by atoms with Gasteiger partial charge in [-0.05, 0) is 25.1 Å². The van der Waals surface area contributed by atoms with E-state index in [1.165, 1.54) is 11.1 Å². The predicted molar refractivity (Wildman–Crippen MR) is 83.1 cm³/mol. The number of hydrogen-bond acceptors (Lipinski definition) is 3. The van der Waals surface area contributed by atoms with E-state index in [9.17, 15) is 4.79 Å². The van der Waals surface area contributed by atoms with E-state index in [0.717, 1.165) is 26.2 Å². The van der Waals surface area contributed by atoms with Gasteiger partial charge in [-0.25, -0.2) is 4.79 Å². The SMILES string of the molecule is C[C@@H]1CN(C(=O)NCC2c3ccccc3CN2C)CCN1. The van der Waals surface area contributed by atoms with Crippen molar-refractivity contribution >= 4 is 6.03 Å². The standard InChI is InChI=1S/C16H24N4O/c1-12-10-20(8-7-17-12)16(21)18-9-15-14-6-4-3-5-13(14)11-19(15)2/h3-6,12,15,17H,7-11H2,1-2H3,(H,18,21)/t12-,15?/m1/s1. The van der Waals surface area contributed by atoms with Crippen molar-refractivity contribution in [1.82, 2.24) is 20.4 Å². The van der Waals surface area contributed by atoms with Crippen LogP contribution in [0.25, 0.3) is 0 Å². The Hall–Kier alpha value is -1.59. The average molecular weight is 288 g/mol. The summed E-state index contributed by atoms with van der Waals surface area (Å²) >= 11 is 0. The van der Waals surface area contributed by atoms with Crippen LogP contribution in [-0.2, 0) is 6.54 Å². The fourth-order valence-electron chi connectivity index (χ4n) is 3.30. The first kappa shape index (κ1) is 14.4. The largest absolute Gasteiger partial charge is 0.336 e. The van der Waals surface area contributed by atoms with Crippen LogP contribution in [0.15, 0.2) is 24.3 Å². The fourth-order valence-corrected chi connectivity index (χ4v) is 3.30. The van der Waals surface area contributed by atoms with Crippen LogP contribution in [0.3, 0.4) is 0 Å². The number of likely N-dealkylation sites (N-methyl/N-ethyl adjacent to an activating group) is 1. The minimum Gasteiger partial charge on any atom is -0.336 e. The van der Waals surface area contributed by atoms with Crippen LogP contribution in [-0.4, -0.2) is 55.1 Å². The van der Waals surface area contributed by atoms with E-state index >= 15 is 0 Å². The van der Waals surface area contributed by atoms with Crippen molar-refractivity contribution in [2.45, 2.75) is 25.6 Å². The van der Waals surface area contributed by atoms with Crippen LogP contribution in [0.1, 0.15) is 24.1 Å². The highest BCUT2D eigenvalue weighted by atomic mass is 16.2. The summed E-state index contributed by atoms with van der Waals surface area (Å²) in [6, 6.07) is 9.21. The number of hydrogen-bond donors (Lipinski definition) is 2. The molecule has 2 aliphatic heterocycles. The molecule has 2 amide bonds. The number of urea groups is 1. The smallest absolute Gasteiger partial charge is 0.317 e. The Morgan fingerprint density at radius 1 is 1.43 bits per heavy atom. The molecule has 0 aromatic heterocycles. The molecule has 0 radical (unpaired) electrons. The molecule has 2 heterocycles. The number of rotatable bonds is 2. The van der Waals surface area contributed by atoms with Gasteiger partial charge in [-0.3, -0.25) is 4.90 Å². The second-order valence-electron chi connectivity index (χ2n) is 6.12. The van der Waals surface area contributed by atoms with Crippen LogP contribution >= 0.6 is 0 Å². The molecule has 2 atom stereocenters. The van der Waals surface area contributed by atoms with Gasteiger partial charge in [0.1, 0.15) is 0 Å². The topological polar surface area (TPSA) is 47.6 Å². The number of benzene rings is 1. The van der Waals surface area contributed by atoms with Crippen LogP contribution in [0.5, 0.6) is 0 Å². The summed E-state index contributed by atoms with van der Waals surface area (Å²) in [5.41, 5.74) is 2.71. The van der Waals surface area contributed by atoms with Gasteiger partial charge in [0.25, 0.3) is 0 Å². The molecule has 0 aliphatic carbocycles. The van der Waals surface area contributed by atoms with Crippen molar-refractivity contribution < 1.29 is 4.79 Å². The maximum absolute atomic E-state index is 12.3. The highest BCUT2D eigenvalue weighted by molar-refractivity contribution is 5.74. The first-order chi connectivity index (χ1) is 10.1. The van der Waals surface area contributed by atoms with Crippen molar-refractivity contribution in [2.75, 3.05) is 33.2 Å². The molecule has 1 aromatic rings. The minimum atomic E-state index is 0.0566. The van der Waals surface area contributed by atoms with Gasteiger partial charge in [0.05, 0.1) is 6.04 Å². The Labute approximate surface area is 126 Å². The molecule has 114 valence electrons. The molecule has 5 nitrogen and oxygen atoms in total. The number of nitrogens with zero attached hydrogens (tertiary/aromatic N) is 2. The summed E-state index contributed by atoms with van der Waals surface area (Å²) in [4.78, 5) is 16.5. The van der Waals surface area contributed by atoms with E-state index in [1.54, 1.807) is 0 Å². The molecule has 2 N–H and O–H groups in total. The average Bonchev–Trinajstić information content (AvgIpc) is 2.80. The summed E-state index contributed by atoms with van der Waals surface area (Å²) in [5, 5.41) is 6.46. The first-order valence-corrected chi connectivity index (χ1v) is 7.69. The predicted octanol–water partition coefficient (Wildman–Crippen LogP) is 1.18. The number of carbonyl (C=O) groups excluding carboxylic acids is 1. The van der Waals surface area contributed by atoms with E-state index in [4.69, 9.17) is 0 Å². The third-order valence-corrected chi connectivity index (χ3v) is 4.47. The Morgan fingerprint density at radius 3 is 3.05 bits per heavy atom. The minimum absolute atomic E-state index is 0.0566. The lowest BCUT2D eigenvalue weighted by Crippen LogP contribution is -2.54. The normalized spacial score (nSPS) is 25.7. The van der Waals surface area contributed by atoms with Gasteiger partial charge >= 0.3 is 6.03 Å². The molecule has 0 bridgehead atoms. The van der Waals surface area contributed by atoms with Gasteiger partial charge in [0, 0.05) is 38.8 Å². The van der Waals surface area contributed by atoms with E-state index in [0.29, 0.717) is 12.6 Å². The lowest BCUT2D eigenvalue weighted by Gasteiger charge is -2.32. The lowest BCUT2D eigenvalue weighted by atomic mass is 10.1. The Morgan fingerprint density at radius 2 is 2.24 bits per heavy atom. The van der Waals surface area contributed by atoms with Crippen LogP contribution in [0.4, 0.5) is 4.79 Å². The maximum Gasteiger partial charge on any atom is 0.317 e. The monoisotopic (exact) mass is 288 g/mol. The van der Waals surface area contributed by atoms with Crippen LogP contribution < -0.4 is 10.6 Å². The molecular weight excluding hydrogens is 264 g/mol. The quantitative estimate of drug-likeness (QED) is 0.859. The number of fused-ring (bicyclic) bond motifs is 1. The van der Waals surface area contributed by atoms with Crippen LogP contribution in [0.2, 0.25) is 0 Å². The molecular formula is C16H24N4O. The third-order valence-electron chi connectivity index (χ3n) is 4.47. The van der Waals surface area contributed by atoms with Crippen molar-refractivity contribution in [2.24, 2.45) is 0 Å². The highest BCUT2D eigenvalue weighted by Gasteiger charge is 2.28. The van der Waals surface area contributed by atoms with Crippen molar-refractivity contribution in [1.29, 1.82) is 0 Å². The number of piperazine rings is 1. The van der Waals surface area contributed by atoms with Gasteiger partial charge in [-0.1, -0.05) is 24.3 Å². The molecule has 1 fully saturated rings. The lowest BCUT2D eigenvalue weighted by molar-refractivity contribution is 0.174. The molecule has 2 aliphatic rings. The van der Waals surface area contributed by atoms with Gasteiger partial charge in [0.15, 0.2) is 0 Å². The number of nitrogens with one attached hydrogen (secondary N) is 2. The Kier molecular flexibility index (Phi) is 4.12. The van der Waals surface area contributed by atoms with Crippen molar-refractivity contribution in [3.05, 3.63) is 35.4 Å². The fraction of sp³-hybridized carbons (Fsp3) is 0.562. The van der Waals surface area contributed by atoms with Gasteiger partial charge in [-0.15, -0.1) is 0 Å². The molecule has 1 saturated heterocycles. The second-order valence-corrected chi connectivity index (χ2v) is 6.12. The van der Waals surface area contributed by atoms with Crippen molar-refractivity contribution in [3.63, 3.8) is 0 Å². The summed E-state index contributed by atoms with van der Waals surface area (Å²) in [6.07, 6.45) is 0. The van der Waals surface area contributed by atoms with Crippen LogP contribution in [0, 0.1) is 0 Å². The third kappa shape index (κ3) is 3.04. The number of carbonyl (C=O) groups is 1. The van der Waals surface area contributed by atoms with E-state index < -0.39 is 0 Å². The summed E-state index contributed by atoms with van der Waals surface area (Å²) in [5.74, 6) is 0. The summed E-state index contributed by atoms with van der Waals surface area (Å²) < 4.78 is 0. The Bertz CT molecular complexity index is 519. The highest BCUT2D eigenvalue weighted by Crippen LogP contribution is 2.31. The molecule has 3 rings (SSSR count).